The number of halogens is 3. The molecule has 0 bridgehead atoms. The average Bonchev–Trinajstić information content (AvgIpc) is 2.16. The molecule has 1 saturated heterocycles. The predicted molar refractivity (Wildman–Crippen MR) is 53.5 cm³/mol. The van der Waals surface area contributed by atoms with Gasteiger partial charge in [0.1, 0.15) is 6.54 Å². The molecule has 96 valence electrons. The second-order valence-corrected chi connectivity index (χ2v) is 6.20. The molecule has 1 fully saturated rings. The van der Waals surface area contributed by atoms with Crippen molar-refractivity contribution in [3.05, 3.63) is 0 Å². The summed E-state index contributed by atoms with van der Waals surface area (Å²) in [7, 11) is -2.87. The van der Waals surface area contributed by atoms with E-state index in [-0.39, 0.29) is 6.54 Å². The van der Waals surface area contributed by atoms with E-state index < -0.39 is 28.0 Å². The third-order valence-electron chi connectivity index (χ3n) is 2.51. The zero-order chi connectivity index (χ0) is 12.4. The summed E-state index contributed by atoms with van der Waals surface area (Å²) in [5, 5.41) is 2.13. The van der Waals surface area contributed by atoms with Gasteiger partial charge in [0.15, 0.2) is 0 Å². The lowest BCUT2D eigenvalue weighted by atomic mass is 10.2. The summed E-state index contributed by atoms with van der Waals surface area (Å²) in [6.45, 7) is -0.481. The van der Waals surface area contributed by atoms with Crippen molar-refractivity contribution in [2.24, 2.45) is 0 Å². The summed E-state index contributed by atoms with van der Waals surface area (Å²) in [5.41, 5.74) is 0. The molecule has 8 heteroatoms. The molecule has 0 saturated carbocycles. The van der Waals surface area contributed by atoms with Crippen molar-refractivity contribution in [3.8, 4) is 0 Å². The fraction of sp³-hybridized carbons (Fsp3) is 1.00. The van der Waals surface area contributed by atoms with Gasteiger partial charge in [-0.2, -0.15) is 17.5 Å². The monoisotopic (exact) mass is 260 g/mol. The Bertz CT molecular complexity index is 323. The number of alkyl halides is 3. The Balaban J connectivity index is 2.68. The van der Waals surface area contributed by atoms with Gasteiger partial charge in [0, 0.05) is 13.6 Å². The molecular formula is C8H15F3N2O2S. The fourth-order valence-corrected chi connectivity index (χ4v) is 3.30. The summed E-state index contributed by atoms with van der Waals surface area (Å²) in [4.78, 5) is 0. The highest BCUT2D eigenvalue weighted by molar-refractivity contribution is 7.89. The lowest BCUT2D eigenvalue weighted by molar-refractivity contribution is -0.134. The molecule has 0 aromatic heterocycles. The molecular weight excluding hydrogens is 245 g/mol. The highest BCUT2D eigenvalue weighted by atomic mass is 32.2. The Hall–Kier alpha value is -0.340. The van der Waals surface area contributed by atoms with Crippen molar-refractivity contribution in [1.29, 1.82) is 0 Å². The fourth-order valence-electron chi connectivity index (χ4n) is 1.67. The number of piperidine rings is 1. The topological polar surface area (TPSA) is 49.4 Å². The van der Waals surface area contributed by atoms with Crippen molar-refractivity contribution in [1.82, 2.24) is 9.62 Å². The predicted octanol–water partition coefficient (Wildman–Crippen LogP) is 0.562. The minimum absolute atomic E-state index is 0.227. The number of rotatable bonds is 3. The van der Waals surface area contributed by atoms with E-state index in [2.05, 4.69) is 5.32 Å². The largest absolute Gasteiger partial charge is 0.402 e. The van der Waals surface area contributed by atoms with E-state index in [1.807, 2.05) is 0 Å². The molecule has 16 heavy (non-hydrogen) atoms. The normalized spacial score (nSPS) is 23.7. The van der Waals surface area contributed by atoms with Crippen LogP contribution in [0.25, 0.3) is 0 Å². The zero-order valence-electron chi connectivity index (χ0n) is 8.92. The minimum Gasteiger partial charge on any atom is -0.315 e. The summed E-state index contributed by atoms with van der Waals surface area (Å²) >= 11 is 0. The summed E-state index contributed by atoms with van der Waals surface area (Å²) in [5.74, 6) is 0. The van der Waals surface area contributed by atoms with E-state index in [0.717, 1.165) is 13.6 Å². The second-order valence-electron chi connectivity index (χ2n) is 3.88. The third kappa shape index (κ3) is 3.60. The molecule has 0 aromatic rings. The zero-order valence-corrected chi connectivity index (χ0v) is 9.74. The van der Waals surface area contributed by atoms with Crippen molar-refractivity contribution in [2.45, 2.75) is 24.3 Å². The molecule has 0 amide bonds. The van der Waals surface area contributed by atoms with Crippen molar-refractivity contribution in [3.63, 3.8) is 0 Å². The summed E-state index contributed by atoms with van der Waals surface area (Å²) in [6.07, 6.45) is -3.41. The Labute approximate surface area is 92.9 Å². The Kier molecular flexibility index (Phi) is 4.19. The number of nitrogens with one attached hydrogen (secondary N) is 1. The molecule has 1 atom stereocenters. The van der Waals surface area contributed by atoms with E-state index in [0.29, 0.717) is 17.1 Å². The van der Waals surface area contributed by atoms with Crippen molar-refractivity contribution < 1.29 is 21.6 Å². The lowest BCUT2D eigenvalue weighted by Crippen LogP contribution is -2.47. The van der Waals surface area contributed by atoms with Crippen LogP contribution in [0.3, 0.4) is 0 Å². The quantitative estimate of drug-likeness (QED) is 0.806. The number of hydrogen-bond acceptors (Lipinski definition) is 3. The highest BCUT2D eigenvalue weighted by Gasteiger charge is 2.38. The van der Waals surface area contributed by atoms with Crippen LogP contribution in [0.2, 0.25) is 0 Å². The molecule has 1 unspecified atom stereocenters. The molecule has 1 aliphatic rings. The first-order valence-electron chi connectivity index (χ1n) is 4.96. The first-order chi connectivity index (χ1) is 7.23. The first-order valence-corrected chi connectivity index (χ1v) is 6.46. The maximum Gasteiger partial charge on any atom is 0.402 e. The van der Waals surface area contributed by atoms with E-state index >= 15 is 0 Å². The maximum absolute atomic E-state index is 12.1. The van der Waals surface area contributed by atoms with Gasteiger partial charge in [-0.05, 0) is 19.4 Å². The molecule has 1 N–H and O–H groups in total. The van der Waals surface area contributed by atoms with Gasteiger partial charge in [-0.25, -0.2) is 8.42 Å². The average molecular weight is 260 g/mol. The SMILES string of the molecule is CN(CC(F)(F)F)S(=O)(=O)C1CCCNC1. The smallest absolute Gasteiger partial charge is 0.315 e. The maximum atomic E-state index is 12.1. The van der Waals surface area contributed by atoms with Crippen LogP contribution in [-0.4, -0.2) is 50.8 Å². The van der Waals surface area contributed by atoms with Gasteiger partial charge in [-0.15, -0.1) is 0 Å². The number of hydrogen-bond donors (Lipinski definition) is 1. The van der Waals surface area contributed by atoms with Crippen molar-refractivity contribution >= 4 is 10.0 Å². The second kappa shape index (κ2) is 4.89. The molecule has 0 spiro atoms. The van der Waals surface area contributed by atoms with Gasteiger partial charge in [-0.1, -0.05) is 0 Å². The van der Waals surface area contributed by atoms with Crippen molar-refractivity contribution in [2.75, 3.05) is 26.7 Å². The van der Waals surface area contributed by atoms with Crippen LogP contribution in [0.15, 0.2) is 0 Å². The molecule has 0 radical (unpaired) electrons. The number of sulfonamides is 1. The van der Waals surface area contributed by atoms with Gasteiger partial charge in [0.2, 0.25) is 10.0 Å². The molecule has 1 aliphatic heterocycles. The van der Waals surface area contributed by atoms with Crippen LogP contribution >= 0.6 is 0 Å². The first kappa shape index (κ1) is 13.7. The van der Waals surface area contributed by atoms with Gasteiger partial charge in [0.25, 0.3) is 0 Å². The lowest BCUT2D eigenvalue weighted by Gasteiger charge is -2.28. The van der Waals surface area contributed by atoms with Crippen LogP contribution < -0.4 is 5.32 Å². The standard InChI is InChI=1S/C8H15F3N2O2S/c1-13(6-8(9,10)11)16(14,15)7-3-2-4-12-5-7/h7,12H,2-6H2,1H3. The van der Waals surface area contributed by atoms with E-state index in [9.17, 15) is 21.6 Å². The Morgan fingerprint density at radius 3 is 2.50 bits per heavy atom. The summed E-state index contributed by atoms with van der Waals surface area (Å²) < 4.78 is 60.1. The third-order valence-corrected chi connectivity index (χ3v) is 4.75. The van der Waals surface area contributed by atoms with E-state index in [4.69, 9.17) is 0 Å². The number of nitrogens with zero attached hydrogens (tertiary/aromatic N) is 1. The minimum atomic E-state index is -4.50. The van der Waals surface area contributed by atoms with Crippen LogP contribution in [0, 0.1) is 0 Å². The van der Waals surface area contributed by atoms with Gasteiger partial charge in [-0.3, -0.25) is 0 Å². The van der Waals surface area contributed by atoms with Crippen LogP contribution in [0.1, 0.15) is 12.8 Å². The van der Waals surface area contributed by atoms with Crippen LogP contribution in [0.4, 0.5) is 13.2 Å². The van der Waals surface area contributed by atoms with Gasteiger partial charge >= 0.3 is 6.18 Å². The molecule has 1 heterocycles. The Morgan fingerprint density at radius 1 is 1.44 bits per heavy atom. The molecule has 4 nitrogen and oxygen atoms in total. The molecule has 1 rings (SSSR count). The van der Waals surface area contributed by atoms with E-state index in [1.54, 1.807) is 0 Å². The van der Waals surface area contributed by atoms with E-state index in [1.165, 1.54) is 0 Å². The highest BCUT2D eigenvalue weighted by Crippen LogP contribution is 2.21. The Morgan fingerprint density at radius 2 is 2.06 bits per heavy atom. The van der Waals surface area contributed by atoms with Gasteiger partial charge in [0.05, 0.1) is 5.25 Å². The summed E-state index contributed by atoms with van der Waals surface area (Å²) in [6, 6.07) is 0. The van der Waals surface area contributed by atoms with Crippen LogP contribution in [0.5, 0.6) is 0 Å². The molecule has 0 aliphatic carbocycles. The van der Waals surface area contributed by atoms with Crippen LogP contribution in [-0.2, 0) is 10.0 Å². The molecule has 0 aromatic carbocycles. The van der Waals surface area contributed by atoms with Gasteiger partial charge < -0.3 is 5.32 Å².